The molecule has 5 nitrogen and oxygen atoms in total. The van der Waals surface area contributed by atoms with Crippen LogP contribution >= 0.6 is 11.3 Å². The number of piperazine rings is 1. The smallest absolute Gasteiger partial charge is 0.228 e. The lowest BCUT2D eigenvalue weighted by molar-refractivity contribution is -0.118. The molecule has 162 valence electrons. The van der Waals surface area contributed by atoms with E-state index in [1.54, 1.807) is 0 Å². The average molecular weight is 435 g/mol. The first-order chi connectivity index (χ1) is 15.1. The molecular formula is C25H30N4OS. The van der Waals surface area contributed by atoms with E-state index in [1.165, 1.54) is 22.5 Å². The molecular weight excluding hydrogens is 404 g/mol. The van der Waals surface area contributed by atoms with Crippen LogP contribution in [0.1, 0.15) is 36.7 Å². The van der Waals surface area contributed by atoms with E-state index in [9.17, 15) is 4.79 Å². The second-order valence-corrected chi connectivity index (χ2v) is 9.18. The summed E-state index contributed by atoms with van der Waals surface area (Å²) < 4.78 is 0. The van der Waals surface area contributed by atoms with E-state index in [0.29, 0.717) is 5.13 Å². The predicted octanol–water partition coefficient (Wildman–Crippen LogP) is 4.64. The molecule has 4 rings (SSSR count). The first kappa shape index (κ1) is 21.7. The van der Waals surface area contributed by atoms with E-state index in [4.69, 9.17) is 0 Å². The molecule has 6 heteroatoms. The van der Waals surface area contributed by atoms with Gasteiger partial charge in [0.15, 0.2) is 5.13 Å². The van der Waals surface area contributed by atoms with Gasteiger partial charge in [0.25, 0.3) is 0 Å². The highest BCUT2D eigenvalue weighted by atomic mass is 32.1. The number of nitrogens with zero attached hydrogens (tertiary/aromatic N) is 3. The number of hydrogen-bond acceptors (Lipinski definition) is 5. The lowest BCUT2D eigenvalue weighted by atomic mass is 9.96. The number of amides is 1. The predicted molar refractivity (Wildman–Crippen MR) is 127 cm³/mol. The maximum absolute atomic E-state index is 11.9. The first-order valence-electron chi connectivity index (χ1n) is 10.9. The summed E-state index contributed by atoms with van der Waals surface area (Å²) in [6.07, 6.45) is 0. The molecule has 2 aromatic carbocycles. The van der Waals surface area contributed by atoms with Gasteiger partial charge < -0.3 is 5.32 Å². The minimum atomic E-state index is -0.0393. The van der Waals surface area contributed by atoms with E-state index in [2.05, 4.69) is 86.1 Å². The zero-order chi connectivity index (χ0) is 21.6. The third-order valence-electron chi connectivity index (χ3n) is 5.69. The second-order valence-electron chi connectivity index (χ2n) is 8.32. The highest BCUT2D eigenvalue weighted by Crippen LogP contribution is 2.29. The Morgan fingerprint density at radius 1 is 0.968 bits per heavy atom. The molecule has 0 aliphatic carbocycles. The Hall–Kier alpha value is -2.54. The van der Waals surface area contributed by atoms with Gasteiger partial charge in [-0.05, 0) is 11.1 Å². The van der Waals surface area contributed by atoms with Gasteiger partial charge in [0.1, 0.15) is 0 Å². The molecule has 1 N–H and O–H groups in total. The molecule has 0 atom stereocenters. The van der Waals surface area contributed by atoms with Crippen molar-refractivity contribution in [1.82, 2.24) is 14.8 Å². The Kier molecular flexibility index (Phi) is 7.12. The van der Waals surface area contributed by atoms with Crippen molar-refractivity contribution in [2.75, 3.05) is 31.5 Å². The van der Waals surface area contributed by atoms with Crippen LogP contribution in [0.2, 0.25) is 0 Å². The molecule has 1 aliphatic rings. The Bertz CT molecular complexity index is 926. The van der Waals surface area contributed by atoms with E-state index < -0.39 is 0 Å². The van der Waals surface area contributed by atoms with Crippen LogP contribution in [0.4, 0.5) is 5.13 Å². The number of nitrogens with one attached hydrogen (secondary N) is 1. The Morgan fingerprint density at radius 3 is 2.10 bits per heavy atom. The minimum Gasteiger partial charge on any atom is -0.302 e. The van der Waals surface area contributed by atoms with Crippen molar-refractivity contribution in [3.63, 3.8) is 0 Å². The van der Waals surface area contributed by atoms with E-state index >= 15 is 0 Å². The summed E-state index contributed by atoms with van der Waals surface area (Å²) in [5.74, 6) is -0.0232. The summed E-state index contributed by atoms with van der Waals surface area (Å²) in [5.41, 5.74) is 3.71. The number of aromatic nitrogens is 1. The first-order valence-corrected chi connectivity index (χ1v) is 11.8. The molecule has 1 aliphatic heterocycles. The van der Waals surface area contributed by atoms with Crippen LogP contribution < -0.4 is 5.32 Å². The van der Waals surface area contributed by atoms with E-state index in [-0.39, 0.29) is 17.9 Å². The van der Waals surface area contributed by atoms with Gasteiger partial charge in [-0.25, -0.2) is 4.98 Å². The molecule has 0 unspecified atom stereocenters. The number of carbonyl (C=O) groups is 1. The molecule has 1 amide bonds. The van der Waals surface area contributed by atoms with Crippen molar-refractivity contribution >= 4 is 22.4 Å². The maximum atomic E-state index is 11.9. The lowest BCUT2D eigenvalue weighted by Crippen LogP contribution is -2.47. The standard InChI is InChI=1S/C25H30N4OS/c1-19(2)24(30)27-25-26-22(18-31-25)17-28-13-15-29(16-14-28)23(20-9-5-3-6-10-20)21-11-7-4-8-12-21/h3-12,18-19,23H,13-17H2,1-2H3,(H,26,27,30). The van der Waals surface area contributed by atoms with E-state index in [0.717, 1.165) is 38.4 Å². The van der Waals surface area contributed by atoms with Crippen molar-refractivity contribution < 1.29 is 4.79 Å². The molecule has 0 saturated carbocycles. The van der Waals surface area contributed by atoms with Gasteiger partial charge in [0.2, 0.25) is 5.91 Å². The zero-order valence-corrected chi connectivity index (χ0v) is 19.0. The Morgan fingerprint density at radius 2 is 1.55 bits per heavy atom. The number of hydrogen-bond donors (Lipinski definition) is 1. The zero-order valence-electron chi connectivity index (χ0n) is 18.2. The number of benzene rings is 2. The number of rotatable bonds is 7. The van der Waals surface area contributed by atoms with Crippen LogP contribution in [0.3, 0.4) is 0 Å². The molecule has 0 spiro atoms. The summed E-state index contributed by atoms with van der Waals surface area (Å²) in [4.78, 5) is 21.5. The van der Waals surface area contributed by atoms with Gasteiger partial charge in [0, 0.05) is 44.0 Å². The van der Waals surface area contributed by atoms with Gasteiger partial charge in [0.05, 0.1) is 11.7 Å². The molecule has 1 fully saturated rings. The van der Waals surface area contributed by atoms with Crippen LogP contribution in [0.25, 0.3) is 0 Å². The van der Waals surface area contributed by atoms with Crippen molar-refractivity contribution in [1.29, 1.82) is 0 Å². The van der Waals surface area contributed by atoms with Crippen LogP contribution in [0.15, 0.2) is 66.0 Å². The summed E-state index contributed by atoms with van der Waals surface area (Å²) in [6.45, 7) is 8.63. The third kappa shape index (κ3) is 5.58. The average Bonchev–Trinajstić information content (AvgIpc) is 3.23. The van der Waals surface area contributed by atoms with Gasteiger partial charge in [-0.15, -0.1) is 11.3 Å². The Labute approximate surface area is 188 Å². The highest BCUT2D eigenvalue weighted by Gasteiger charge is 2.26. The fourth-order valence-electron chi connectivity index (χ4n) is 3.98. The molecule has 0 bridgehead atoms. The van der Waals surface area contributed by atoms with E-state index in [1.807, 2.05) is 13.8 Å². The van der Waals surface area contributed by atoms with Gasteiger partial charge in [-0.1, -0.05) is 74.5 Å². The Balaban J connectivity index is 1.38. The van der Waals surface area contributed by atoms with Gasteiger partial charge in [-0.3, -0.25) is 14.6 Å². The molecule has 1 saturated heterocycles. The van der Waals surface area contributed by atoms with Crippen molar-refractivity contribution in [3.05, 3.63) is 82.9 Å². The monoisotopic (exact) mass is 434 g/mol. The second kappa shape index (κ2) is 10.2. The highest BCUT2D eigenvalue weighted by molar-refractivity contribution is 7.13. The number of anilines is 1. The van der Waals surface area contributed by atoms with Crippen LogP contribution in [0.5, 0.6) is 0 Å². The normalized spacial score (nSPS) is 15.5. The summed E-state index contributed by atoms with van der Waals surface area (Å²) in [7, 11) is 0. The van der Waals surface area contributed by atoms with Gasteiger partial charge >= 0.3 is 0 Å². The fraction of sp³-hybridized carbons (Fsp3) is 0.360. The topological polar surface area (TPSA) is 48.5 Å². The van der Waals surface area contributed by atoms with Crippen molar-refractivity contribution in [2.24, 2.45) is 5.92 Å². The summed E-state index contributed by atoms with van der Waals surface area (Å²) in [5, 5.41) is 5.65. The summed E-state index contributed by atoms with van der Waals surface area (Å²) in [6, 6.07) is 21.8. The SMILES string of the molecule is CC(C)C(=O)Nc1nc(CN2CCN(C(c3ccccc3)c3ccccc3)CC2)cs1. The maximum Gasteiger partial charge on any atom is 0.228 e. The van der Waals surface area contributed by atoms with Crippen LogP contribution in [-0.4, -0.2) is 46.9 Å². The summed E-state index contributed by atoms with van der Waals surface area (Å²) >= 11 is 1.50. The quantitative estimate of drug-likeness (QED) is 0.588. The third-order valence-corrected chi connectivity index (χ3v) is 6.50. The van der Waals surface area contributed by atoms with Crippen molar-refractivity contribution in [2.45, 2.75) is 26.4 Å². The molecule has 0 radical (unpaired) electrons. The van der Waals surface area contributed by atoms with Crippen molar-refractivity contribution in [3.8, 4) is 0 Å². The van der Waals surface area contributed by atoms with Crippen LogP contribution in [-0.2, 0) is 11.3 Å². The molecule has 31 heavy (non-hydrogen) atoms. The van der Waals surface area contributed by atoms with Gasteiger partial charge in [-0.2, -0.15) is 0 Å². The molecule has 2 heterocycles. The molecule has 1 aromatic heterocycles. The number of thiazole rings is 1. The van der Waals surface area contributed by atoms with Crippen LogP contribution in [0, 0.1) is 5.92 Å². The lowest BCUT2D eigenvalue weighted by Gasteiger charge is -2.39. The number of carbonyl (C=O) groups excluding carboxylic acids is 1. The fourth-order valence-corrected chi connectivity index (χ4v) is 4.68. The largest absolute Gasteiger partial charge is 0.302 e. The molecule has 3 aromatic rings. The minimum absolute atomic E-state index is 0.0161.